The average molecular weight is 289 g/mol. The van der Waals surface area contributed by atoms with Crippen molar-refractivity contribution in [3.05, 3.63) is 40.9 Å². The van der Waals surface area contributed by atoms with E-state index in [0.717, 1.165) is 23.7 Å². The third-order valence-corrected chi connectivity index (χ3v) is 4.37. The Morgan fingerprint density at radius 1 is 1.11 bits per heavy atom. The van der Waals surface area contributed by atoms with Gasteiger partial charge in [-0.25, -0.2) is 4.98 Å². The maximum atomic E-state index is 5.30. The summed E-state index contributed by atoms with van der Waals surface area (Å²) < 4.78 is 0. The average Bonchev–Trinajstić information content (AvgIpc) is 2.81. The number of para-hydroxylation sites is 1. The van der Waals surface area contributed by atoms with Crippen LogP contribution in [0.2, 0.25) is 0 Å². The highest BCUT2D eigenvalue weighted by molar-refractivity contribution is 7.80. The summed E-state index contributed by atoms with van der Waals surface area (Å²) in [6.45, 7) is 0. The molecule has 2 aromatic rings. The Kier molecular flexibility index (Phi) is 3.75. The molecule has 0 unspecified atom stereocenters. The van der Waals surface area contributed by atoms with Gasteiger partial charge in [-0.1, -0.05) is 18.2 Å². The van der Waals surface area contributed by atoms with Crippen molar-refractivity contribution >= 4 is 39.5 Å². The highest BCUT2D eigenvalue weighted by Gasteiger charge is 2.15. The molecule has 1 aromatic heterocycles. The molecule has 0 saturated heterocycles. The SMILES string of the molecule is S=C(Nc1ccccc1)Nc1nc2c(s1)CCCC2. The lowest BCUT2D eigenvalue weighted by Crippen LogP contribution is -2.18. The number of hydrogen-bond donors (Lipinski definition) is 2. The van der Waals surface area contributed by atoms with Crippen LogP contribution >= 0.6 is 23.6 Å². The molecule has 1 aliphatic carbocycles. The first-order valence-corrected chi connectivity index (χ1v) is 7.65. The highest BCUT2D eigenvalue weighted by atomic mass is 32.1. The minimum absolute atomic E-state index is 0.595. The second kappa shape index (κ2) is 5.67. The minimum Gasteiger partial charge on any atom is -0.332 e. The maximum Gasteiger partial charge on any atom is 0.189 e. The number of fused-ring (bicyclic) bond motifs is 1. The number of rotatable bonds is 2. The van der Waals surface area contributed by atoms with Crippen molar-refractivity contribution < 1.29 is 0 Å². The maximum absolute atomic E-state index is 5.30. The Morgan fingerprint density at radius 3 is 2.68 bits per heavy atom. The number of aromatic nitrogens is 1. The van der Waals surface area contributed by atoms with E-state index < -0.39 is 0 Å². The van der Waals surface area contributed by atoms with Crippen molar-refractivity contribution in [1.29, 1.82) is 0 Å². The first-order valence-electron chi connectivity index (χ1n) is 6.43. The largest absolute Gasteiger partial charge is 0.332 e. The van der Waals surface area contributed by atoms with Crippen LogP contribution in [0.15, 0.2) is 30.3 Å². The van der Waals surface area contributed by atoms with Gasteiger partial charge in [0.1, 0.15) is 0 Å². The molecular weight excluding hydrogens is 274 g/mol. The molecule has 1 heterocycles. The van der Waals surface area contributed by atoms with E-state index >= 15 is 0 Å². The van der Waals surface area contributed by atoms with Crippen molar-refractivity contribution in [1.82, 2.24) is 4.98 Å². The van der Waals surface area contributed by atoms with Crippen molar-refractivity contribution in [2.45, 2.75) is 25.7 Å². The molecule has 0 spiro atoms. The molecule has 1 aromatic carbocycles. The highest BCUT2D eigenvalue weighted by Crippen LogP contribution is 2.29. The molecule has 0 atom stereocenters. The Labute approximate surface area is 122 Å². The van der Waals surface area contributed by atoms with Gasteiger partial charge < -0.3 is 10.6 Å². The summed E-state index contributed by atoms with van der Waals surface area (Å²) in [6, 6.07) is 9.92. The number of nitrogens with one attached hydrogen (secondary N) is 2. The molecule has 0 amide bonds. The van der Waals surface area contributed by atoms with Crippen LogP contribution in [0.3, 0.4) is 0 Å². The van der Waals surface area contributed by atoms with Gasteiger partial charge in [0.15, 0.2) is 10.2 Å². The summed E-state index contributed by atoms with van der Waals surface area (Å²) >= 11 is 7.03. The monoisotopic (exact) mass is 289 g/mol. The van der Waals surface area contributed by atoms with E-state index in [1.807, 2.05) is 30.3 Å². The second-order valence-corrected chi connectivity index (χ2v) is 6.03. The number of thiocarbonyl (C=S) groups is 1. The van der Waals surface area contributed by atoms with Gasteiger partial charge in [-0.05, 0) is 50.0 Å². The van der Waals surface area contributed by atoms with Crippen molar-refractivity contribution in [3.63, 3.8) is 0 Å². The van der Waals surface area contributed by atoms with E-state index in [0.29, 0.717) is 5.11 Å². The summed E-state index contributed by atoms with van der Waals surface area (Å²) in [5.74, 6) is 0. The number of anilines is 2. The first kappa shape index (κ1) is 12.6. The van der Waals surface area contributed by atoms with Gasteiger partial charge in [-0.15, -0.1) is 11.3 Å². The van der Waals surface area contributed by atoms with Crippen LogP contribution in [0, 0.1) is 0 Å². The lowest BCUT2D eigenvalue weighted by Gasteiger charge is -2.07. The Morgan fingerprint density at radius 2 is 1.89 bits per heavy atom. The van der Waals surface area contributed by atoms with E-state index in [1.165, 1.54) is 23.4 Å². The molecule has 1 aliphatic rings. The zero-order valence-corrected chi connectivity index (χ0v) is 12.1. The molecule has 0 saturated carbocycles. The zero-order valence-electron chi connectivity index (χ0n) is 10.5. The summed E-state index contributed by atoms with van der Waals surface area (Å²) in [7, 11) is 0. The van der Waals surface area contributed by atoms with Gasteiger partial charge in [0.2, 0.25) is 0 Å². The molecular formula is C14H15N3S2. The van der Waals surface area contributed by atoms with Crippen molar-refractivity contribution in [3.8, 4) is 0 Å². The third-order valence-electron chi connectivity index (χ3n) is 3.10. The smallest absolute Gasteiger partial charge is 0.189 e. The van der Waals surface area contributed by atoms with Crippen LogP contribution in [0.4, 0.5) is 10.8 Å². The van der Waals surface area contributed by atoms with Crippen molar-refractivity contribution in [2.75, 3.05) is 10.6 Å². The molecule has 5 heteroatoms. The fourth-order valence-electron chi connectivity index (χ4n) is 2.19. The lowest BCUT2D eigenvalue weighted by molar-refractivity contribution is 0.683. The van der Waals surface area contributed by atoms with Crippen molar-refractivity contribution in [2.24, 2.45) is 0 Å². The fourth-order valence-corrected chi connectivity index (χ4v) is 3.52. The first-order chi connectivity index (χ1) is 9.31. The van der Waals surface area contributed by atoms with Crippen LogP contribution < -0.4 is 10.6 Å². The summed E-state index contributed by atoms with van der Waals surface area (Å²) in [4.78, 5) is 6.03. The second-order valence-electron chi connectivity index (χ2n) is 4.54. The quantitative estimate of drug-likeness (QED) is 0.824. The predicted octanol–water partition coefficient (Wildman–Crippen LogP) is 3.83. The molecule has 0 aliphatic heterocycles. The van der Waals surface area contributed by atoms with Crippen LogP contribution in [-0.4, -0.2) is 10.1 Å². The van der Waals surface area contributed by atoms with Gasteiger partial charge in [0.05, 0.1) is 5.69 Å². The van der Waals surface area contributed by atoms with Gasteiger partial charge in [-0.2, -0.15) is 0 Å². The topological polar surface area (TPSA) is 37.0 Å². The molecule has 98 valence electrons. The van der Waals surface area contributed by atoms with E-state index in [-0.39, 0.29) is 0 Å². The number of nitrogens with zero attached hydrogens (tertiary/aromatic N) is 1. The van der Waals surface area contributed by atoms with Gasteiger partial charge in [-0.3, -0.25) is 0 Å². The normalized spacial score (nSPS) is 13.7. The Bertz CT molecular complexity index is 554. The number of hydrogen-bond acceptors (Lipinski definition) is 3. The Hall–Kier alpha value is -1.46. The molecule has 0 fully saturated rings. The molecule has 19 heavy (non-hydrogen) atoms. The molecule has 0 bridgehead atoms. The van der Waals surface area contributed by atoms with Crippen LogP contribution in [0.25, 0.3) is 0 Å². The van der Waals surface area contributed by atoms with E-state index in [9.17, 15) is 0 Å². The number of aryl methyl sites for hydroxylation is 2. The minimum atomic E-state index is 0.595. The van der Waals surface area contributed by atoms with Gasteiger partial charge >= 0.3 is 0 Å². The van der Waals surface area contributed by atoms with E-state index in [4.69, 9.17) is 12.2 Å². The van der Waals surface area contributed by atoms with E-state index in [1.54, 1.807) is 11.3 Å². The van der Waals surface area contributed by atoms with E-state index in [2.05, 4.69) is 15.6 Å². The molecule has 0 radical (unpaired) electrons. The fraction of sp³-hybridized carbons (Fsp3) is 0.286. The standard InChI is InChI=1S/C14H15N3S2/c18-13(15-10-6-2-1-3-7-10)17-14-16-11-8-4-5-9-12(11)19-14/h1-3,6-7H,4-5,8-9H2,(H2,15,16,17,18). The van der Waals surface area contributed by atoms with Crippen LogP contribution in [0.5, 0.6) is 0 Å². The van der Waals surface area contributed by atoms with Crippen LogP contribution in [-0.2, 0) is 12.8 Å². The molecule has 3 rings (SSSR count). The molecule has 2 N–H and O–H groups in total. The van der Waals surface area contributed by atoms with Gasteiger partial charge in [0.25, 0.3) is 0 Å². The molecule has 3 nitrogen and oxygen atoms in total. The number of benzene rings is 1. The summed E-state index contributed by atoms with van der Waals surface area (Å²) in [5, 5.41) is 7.83. The number of thiazole rings is 1. The zero-order chi connectivity index (χ0) is 13.1. The predicted molar refractivity (Wildman–Crippen MR) is 85.0 cm³/mol. The Balaban J connectivity index is 1.65. The van der Waals surface area contributed by atoms with Gasteiger partial charge in [0, 0.05) is 10.6 Å². The summed E-state index contributed by atoms with van der Waals surface area (Å²) in [6.07, 6.45) is 4.80. The third kappa shape index (κ3) is 3.11. The lowest BCUT2D eigenvalue weighted by atomic mass is 10.0. The van der Waals surface area contributed by atoms with Crippen LogP contribution in [0.1, 0.15) is 23.4 Å². The summed E-state index contributed by atoms with van der Waals surface area (Å²) in [5.41, 5.74) is 2.24.